The molecule has 0 N–H and O–H groups in total. The van der Waals surface area contributed by atoms with Crippen LogP contribution in [-0.4, -0.2) is 29.0 Å². The van der Waals surface area contributed by atoms with Gasteiger partial charge in [0.2, 0.25) is 0 Å². The molecule has 1 fully saturated rings. The standard InChI is InChI=1S/C25H19F3N2O2S/c1-15-8-9-22-19(12-15)25(24(32)29(22)14-18-20(27)6-3-7-21(18)28)30(10-11-33-25)23(31)16-4-2-5-17(26)13-16/h2-9,12-13H,10-11,14H2,1H3/t25-/m0/s1. The molecule has 168 valence electrons. The van der Waals surface area contributed by atoms with Crippen LogP contribution in [-0.2, 0) is 16.2 Å². The van der Waals surface area contributed by atoms with E-state index in [1.54, 1.807) is 6.07 Å². The summed E-state index contributed by atoms with van der Waals surface area (Å²) < 4.78 is 42.7. The summed E-state index contributed by atoms with van der Waals surface area (Å²) in [6.45, 7) is 1.84. The van der Waals surface area contributed by atoms with Gasteiger partial charge < -0.3 is 9.80 Å². The second-order valence-electron chi connectivity index (χ2n) is 8.07. The molecular weight excluding hydrogens is 449 g/mol. The Labute approximate surface area is 193 Å². The second kappa shape index (κ2) is 7.95. The summed E-state index contributed by atoms with van der Waals surface area (Å²) in [5, 5.41) is 0. The van der Waals surface area contributed by atoms with Gasteiger partial charge >= 0.3 is 0 Å². The number of hydrogen-bond donors (Lipinski definition) is 0. The number of hydrogen-bond acceptors (Lipinski definition) is 3. The van der Waals surface area contributed by atoms with E-state index < -0.39 is 34.1 Å². The molecule has 1 atom stereocenters. The quantitative estimate of drug-likeness (QED) is 0.543. The lowest BCUT2D eigenvalue weighted by molar-refractivity contribution is -0.123. The molecule has 0 unspecified atom stereocenters. The summed E-state index contributed by atoms with van der Waals surface area (Å²) >= 11 is 1.30. The lowest BCUT2D eigenvalue weighted by Gasteiger charge is -2.33. The number of benzene rings is 3. The highest BCUT2D eigenvalue weighted by molar-refractivity contribution is 8.01. The number of amides is 2. The van der Waals surface area contributed by atoms with Crippen LogP contribution in [0.3, 0.4) is 0 Å². The normalized spacial score (nSPS) is 19.5. The smallest absolute Gasteiger partial charge is 0.268 e. The van der Waals surface area contributed by atoms with Gasteiger partial charge in [0.05, 0.1) is 12.2 Å². The van der Waals surface area contributed by atoms with Gasteiger partial charge in [0.1, 0.15) is 17.5 Å². The minimum Gasteiger partial charge on any atom is -0.311 e. The molecule has 2 heterocycles. The van der Waals surface area contributed by atoms with Gasteiger partial charge in [0.15, 0.2) is 4.87 Å². The average molecular weight is 469 g/mol. The maximum absolute atomic E-state index is 14.4. The maximum atomic E-state index is 14.4. The summed E-state index contributed by atoms with van der Waals surface area (Å²) in [5.41, 5.74) is 1.89. The van der Waals surface area contributed by atoms with E-state index in [-0.39, 0.29) is 24.2 Å². The Morgan fingerprint density at radius 2 is 1.76 bits per heavy atom. The molecule has 3 aromatic rings. The average Bonchev–Trinajstić information content (AvgIpc) is 3.32. The number of nitrogens with zero attached hydrogens (tertiary/aromatic N) is 2. The van der Waals surface area contributed by atoms with Gasteiger partial charge in [-0.3, -0.25) is 9.59 Å². The highest BCUT2D eigenvalue weighted by Gasteiger charge is 2.59. The fourth-order valence-electron chi connectivity index (χ4n) is 4.50. The number of aryl methyl sites for hydroxylation is 1. The summed E-state index contributed by atoms with van der Waals surface area (Å²) in [5.74, 6) is -2.47. The van der Waals surface area contributed by atoms with Gasteiger partial charge in [0, 0.05) is 29.0 Å². The van der Waals surface area contributed by atoms with E-state index in [1.807, 2.05) is 19.1 Å². The van der Waals surface area contributed by atoms with Gasteiger partial charge in [-0.2, -0.15) is 0 Å². The zero-order valence-electron chi connectivity index (χ0n) is 17.6. The highest BCUT2D eigenvalue weighted by Crippen LogP contribution is 2.55. The second-order valence-corrected chi connectivity index (χ2v) is 9.36. The van der Waals surface area contributed by atoms with E-state index >= 15 is 0 Å². The molecular formula is C25H19F3N2O2S. The largest absolute Gasteiger partial charge is 0.311 e. The number of carbonyl (C=O) groups excluding carboxylic acids is 2. The SMILES string of the molecule is Cc1ccc2c(c1)[C@]1(SCCN1C(=O)c1cccc(F)c1)C(=O)N2Cc1c(F)cccc1F. The van der Waals surface area contributed by atoms with Crippen LogP contribution < -0.4 is 4.90 Å². The van der Waals surface area contributed by atoms with E-state index in [4.69, 9.17) is 0 Å². The third kappa shape index (κ3) is 3.31. The van der Waals surface area contributed by atoms with Crippen LogP contribution in [0.2, 0.25) is 0 Å². The fourth-order valence-corrected chi connectivity index (χ4v) is 5.96. The predicted molar refractivity (Wildman–Crippen MR) is 120 cm³/mol. The molecule has 2 aliphatic heterocycles. The van der Waals surface area contributed by atoms with Gasteiger partial charge in [-0.05, 0) is 43.3 Å². The molecule has 0 saturated carbocycles. The molecule has 0 radical (unpaired) electrons. The van der Waals surface area contributed by atoms with Crippen molar-refractivity contribution < 1.29 is 22.8 Å². The fraction of sp³-hybridized carbons (Fsp3) is 0.200. The first-order valence-corrected chi connectivity index (χ1v) is 11.4. The monoisotopic (exact) mass is 468 g/mol. The van der Waals surface area contributed by atoms with Crippen molar-refractivity contribution in [3.63, 3.8) is 0 Å². The molecule has 33 heavy (non-hydrogen) atoms. The minimum absolute atomic E-state index is 0.137. The van der Waals surface area contributed by atoms with Gasteiger partial charge in [-0.25, -0.2) is 13.2 Å². The Bertz CT molecular complexity index is 1280. The Hall–Kier alpha value is -3.26. The summed E-state index contributed by atoms with van der Waals surface area (Å²) in [6.07, 6.45) is 0. The van der Waals surface area contributed by atoms with Crippen molar-refractivity contribution >= 4 is 29.3 Å². The van der Waals surface area contributed by atoms with Gasteiger partial charge in [0.25, 0.3) is 11.8 Å². The van der Waals surface area contributed by atoms with Crippen LogP contribution in [0, 0.1) is 24.4 Å². The van der Waals surface area contributed by atoms with Crippen molar-refractivity contribution in [3.8, 4) is 0 Å². The number of halogens is 3. The molecule has 0 aromatic heterocycles. The first-order chi connectivity index (χ1) is 15.8. The van der Waals surface area contributed by atoms with Crippen LogP contribution in [0.15, 0.2) is 60.7 Å². The lowest BCUT2D eigenvalue weighted by atomic mass is 10.0. The van der Waals surface area contributed by atoms with Crippen LogP contribution in [0.1, 0.15) is 27.0 Å². The molecule has 5 rings (SSSR count). The van der Waals surface area contributed by atoms with Crippen molar-refractivity contribution in [2.75, 3.05) is 17.2 Å². The molecule has 1 spiro atoms. The number of fused-ring (bicyclic) bond motifs is 2. The summed E-state index contributed by atoms with van der Waals surface area (Å²) in [6, 6.07) is 14.3. The first kappa shape index (κ1) is 21.6. The van der Waals surface area contributed by atoms with E-state index in [2.05, 4.69) is 0 Å². The van der Waals surface area contributed by atoms with Crippen molar-refractivity contribution in [1.82, 2.24) is 4.90 Å². The van der Waals surface area contributed by atoms with Crippen molar-refractivity contribution in [1.29, 1.82) is 0 Å². The first-order valence-electron chi connectivity index (χ1n) is 10.4. The number of rotatable bonds is 3. The van der Waals surface area contributed by atoms with E-state index in [0.717, 1.165) is 23.8 Å². The zero-order valence-corrected chi connectivity index (χ0v) is 18.5. The minimum atomic E-state index is -1.38. The third-order valence-electron chi connectivity index (χ3n) is 6.04. The number of anilines is 1. The van der Waals surface area contributed by atoms with Crippen LogP contribution in [0.25, 0.3) is 0 Å². The highest BCUT2D eigenvalue weighted by atomic mass is 32.2. The number of thioether (sulfide) groups is 1. The molecule has 4 nitrogen and oxygen atoms in total. The Morgan fingerprint density at radius 3 is 2.48 bits per heavy atom. The van der Waals surface area contributed by atoms with E-state index in [1.165, 1.54) is 45.8 Å². The van der Waals surface area contributed by atoms with Crippen LogP contribution >= 0.6 is 11.8 Å². The lowest BCUT2D eigenvalue weighted by Crippen LogP contribution is -2.50. The molecule has 0 bridgehead atoms. The van der Waals surface area contributed by atoms with Gasteiger partial charge in [-0.1, -0.05) is 29.8 Å². The Kier molecular flexibility index (Phi) is 5.20. The van der Waals surface area contributed by atoms with E-state index in [0.29, 0.717) is 17.0 Å². The van der Waals surface area contributed by atoms with Crippen molar-refractivity contribution in [2.24, 2.45) is 0 Å². The zero-order chi connectivity index (χ0) is 23.3. The molecule has 8 heteroatoms. The van der Waals surface area contributed by atoms with Crippen molar-refractivity contribution in [2.45, 2.75) is 18.3 Å². The molecule has 2 aliphatic rings. The third-order valence-corrected chi connectivity index (χ3v) is 7.46. The predicted octanol–water partition coefficient (Wildman–Crippen LogP) is 5.00. The van der Waals surface area contributed by atoms with Crippen LogP contribution in [0.4, 0.5) is 18.9 Å². The summed E-state index contributed by atoms with van der Waals surface area (Å²) in [4.78, 5) is 28.8. The Morgan fingerprint density at radius 1 is 1.03 bits per heavy atom. The Balaban J connectivity index is 1.62. The molecule has 3 aromatic carbocycles. The van der Waals surface area contributed by atoms with E-state index in [9.17, 15) is 22.8 Å². The maximum Gasteiger partial charge on any atom is 0.268 e. The molecule has 1 saturated heterocycles. The number of carbonyl (C=O) groups is 2. The van der Waals surface area contributed by atoms with Crippen molar-refractivity contribution in [3.05, 3.63) is 100 Å². The topological polar surface area (TPSA) is 40.6 Å². The van der Waals surface area contributed by atoms with Gasteiger partial charge in [-0.15, -0.1) is 11.8 Å². The van der Waals surface area contributed by atoms with Crippen LogP contribution in [0.5, 0.6) is 0 Å². The molecule has 0 aliphatic carbocycles. The summed E-state index contributed by atoms with van der Waals surface area (Å²) in [7, 11) is 0. The molecule has 2 amide bonds.